The van der Waals surface area contributed by atoms with Gasteiger partial charge in [0.25, 0.3) is 0 Å². The second-order valence-corrected chi connectivity index (χ2v) is 6.93. The first-order valence-electron chi connectivity index (χ1n) is 10.1. The van der Waals surface area contributed by atoms with Crippen LogP contribution in [0, 0.1) is 0 Å². The Morgan fingerprint density at radius 1 is 0.889 bits per heavy atom. The number of hydrogen-bond donors (Lipinski definition) is 0. The summed E-state index contributed by atoms with van der Waals surface area (Å²) >= 11 is 0. The Morgan fingerprint density at radius 2 is 1.56 bits per heavy atom. The van der Waals surface area contributed by atoms with Crippen LogP contribution in [0.2, 0.25) is 0 Å². The van der Waals surface area contributed by atoms with Crippen molar-refractivity contribution in [3.05, 3.63) is 35.9 Å². The summed E-state index contributed by atoms with van der Waals surface area (Å²) in [5, 5.41) is 0. The van der Waals surface area contributed by atoms with E-state index < -0.39 is 0 Å². The first kappa shape index (κ1) is 23.2. The molecule has 0 aliphatic rings. The van der Waals surface area contributed by atoms with Crippen LogP contribution in [-0.2, 0) is 19.0 Å². The summed E-state index contributed by atoms with van der Waals surface area (Å²) in [7, 11) is 0. The maximum atomic E-state index is 12.0. The van der Waals surface area contributed by atoms with Gasteiger partial charge in [0.1, 0.15) is 12.7 Å². The van der Waals surface area contributed by atoms with Crippen molar-refractivity contribution >= 4 is 11.9 Å². The Bertz CT molecular complexity index is 529. The molecule has 2 atom stereocenters. The predicted octanol–water partition coefficient (Wildman–Crippen LogP) is 4.93. The highest BCUT2D eigenvalue weighted by molar-refractivity contribution is 5.89. The molecule has 0 amide bonds. The van der Waals surface area contributed by atoms with Gasteiger partial charge in [-0.3, -0.25) is 4.79 Å². The molecule has 0 fully saturated rings. The largest absolute Gasteiger partial charge is 0.463 e. The predicted molar refractivity (Wildman–Crippen MR) is 106 cm³/mol. The molecule has 0 aromatic heterocycles. The number of hydrogen-bond acceptors (Lipinski definition) is 5. The molecule has 0 radical (unpaired) electrons. The Balaban J connectivity index is 2.09. The second kappa shape index (κ2) is 14.2. The topological polar surface area (TPSA) is 61.8 Å². The summed E-state index contributed by atoms with van der Waals surface area (Å²) in [6, 6.07) is 8.85. The van der Waals surface area contributed by atoms with Gasteiger partial charge in [-0.1, -0.05) is 57.2 Å². The zero-order valence-electron chi connectivity index (χ0n) is 16.9. The van der Waals surface area contributed by atoms with Gasteiger partial charge in [0, 0.05) is 6.42 Å². The van der Waals surface area contributed by atoms with E-state index in [-0.39, 0.29) is 37.4 Å². The number of ether oxygens (including phenoxy) is 3. The zero-order chi connectivity index (χ0) is 19.9. The summed E-state index contributed by atoms with van der Waals surface area (Å²) in [5.41, 5.74) is 0.515. The molecule has 0 spiro atoms. The standard InChI is InChI=1S/C22H34O5/c1-4-5-6-7-8-12-15-21(23)26-16-18(2)25-17-19(3)27-22(24)20-13-10-9-11-14-20/h9-11,13-14,18-19H,4-8,12,15-17H2,1-3H3. The van der Waals surface area contributed by atoms with E-state index in [0.29, 0.717) is 12.0 Å². The molecule has 5 nitrogen and oxygen atoms in total. The van der Waals surface area contributed by atoms with Crippen LogP contribution in [0.15, 0.2) is 30.3 Å². The van der Waals surface area contributed by atoms with E-state index in [4.69, 9.17) is 14.2 Å². The molecule has 0 aliphatic carbocycles. The average Bonchev–Trinajstić information content (AvgIpc) is 2.68. The van der Waals surface area contributed by atoms with Crippen molar-refractivity contribution in [2.24, 2.45) is 0 Å². The van der Waals surface area contributed by atoms with E-state index >= 15 is 0 Å². The van der Waals surface area contributed by atoms with Crippen molar-refractivity contribution in [3.8, 4) is 0 Å². The normalized spacial score (nSPS) is 13.0. The molecule has 0 heterocycles. The number of rotatable bonds is 14. The van der Waals surface area contributed by atoms with Gasteiger partial charge < -0.3 is 14.2 Å². The minimum atomic E-state index is -0.376. The minimum Gasteiger partial charge on any atom is -0.463 e. The van der Waals surface area contributed by atoms with Gasteiger partial charge in [0.15, 0.2) is 0 Å². The van der Waals surface area contributed by atoms with Crippen LogP contribution in [0.1, 0.15) is 76.1 Å². The van der Waals surface area contributed by atoms with Gasteiger partial charge in [-0.25, -0.2) is 4.79 Å². The number of carbonyl (C=O) groups is 2. The number of unbranched alkanes of at least 4 members (excludes halogenated alkanes) is 5. The smallest absolute Gasteiger partial charge is 0.338 e. The Hall–Kier alpha value is -1.88. The van der Waals surface area contributed by atoms with Gasteiger partial charge in [-0.2, -0.15) is 0 Å². The molecule has 0 saturated heterocycles. The molecule has 1 aromatic carbocycles. The molecule has 27 heavy (non-hydrogen) atoms. The fraction of sp³-hybridized carbons (Fsp3) is 0.636. The third kappa shape index (κ3) is 11.4. The summed E-state index contributed by atoms with van der Waals surface area (Å²) in [5.74, 6) is -0.547. The number of benzene rings is 1. The van der Waals surface area contributed by atoms with Crippen molar-refractivity contribution in [3.63, 3.8) is 0 Å². The van der Waals surface area contributed by atoms with E-state index in [0.717, 1.165) is 12.8 Å². The summed E-state index contributed by atoms with van der Waals surface area (Å²) < 4.78 is 16.2. The van der Waals surface area contributed by atoms with E-state index in [9.17, 15) is 9.59 Å². The Morgan fingerprint density at radius 3 is 2.26 bits per heavy atom. The highest BCUT2D eigenvalue weighted by Gasteiger charge is 2.14. The Labute approximate surface area is 163 Å². The van der Waals surface area contributed by atoms with E-state index in [2.05, 4.69) is 6.92 Å². The van der Waals surface area contributed by atoms with Gasteiger partial charge in [0.05, 0.1) is 18.3 Å². The van der Waals surface area contributed by atoms with Crippen molar-refractivity contribution in [2.45, 2.75) is 77.9 Å². The summed E-state index contributed by atoms with van der Waals surface area (Å²) in [4.78, 5) is 23.7. The fourth-order valence-corrected chi connectivity index (χ4v) is 2.54. The quantitative estimate of drug-likeness (QED) is 0.339. The summed E-state index contributed by atoms with van der Waals surface area (Å²) in [6.45, 7) is 6.28. The van der Waals surface area contributed by atoms with Crippen LogP contribution in [0.3, 0.4) is 0 Å². The van der Waals surface area contributed by atoms with Crippen LogP contribution in [0.5, 0.6) is 0 Å². The molecule has 5 heteroatoms. The first-order chi connectivity index (χ1) is 13.0. The lowest BCUT2D eigenvalue weighted by atomic mass is 10.1. The van der Waals surface area contributed by atoms with Crippen LogP contribution in [-0.4, -0.2) is 37.4 Å². The molecule has 0 N–H and O–H groups in total. The maximum absolute atomic E-state index is 12.0. The molecule has 152 valence electrons. The third-order valence-corrected chi connectivity index (χ3v) is 4.15. The highest BCUT2D eigenvalue weighted by atomic mass is 16.6. The third-order valence-electron chi connectivity index (χ3n) is 4.15. The zero-order valence-corrected chi connectivity index (χ0v) is 16.9. The molecular weight excluding hydrogens is 344 g/mol. The molecule has 0 bridgehead atoms. The van der Waals surface area contributed by atoms with Gasteiger partial charge >= 0.3 is 11.9 Å². The first-order valence-corrected chi connectivity index (χ1v) is 10.1. The number of carbonyl (C=O) groups excluding carboxylic acids is 2. The fourth-order valence-electron chi connectivity index (χ4n) is 2.54. The lowest BCUT2D eigenvalue weighted by Gasteiger charge is -2.17. The lowest BCUT2D eigenvalue weighted by Crippen LogP contribution is -2.26. The lowest BCUT2D eigenvalue weighted by molar-refractivity contribution is -0.148. The highest BCUT2D eigenvalue weighted by Crippen LogP contribution is 2.08. The molecule has 1 aromatic rings. The van der Waals surface area contributed by atoms with Crippen LogP contribution in [0.4, 0.5) is 0 Å². The minimum absolute atomic E-state index is 0.176. The summed E-state index contributed by atoms with van der Waals surface area (Å²) in [6.07, 6.45) is 6.71. The monoisotopic (exact) mass is 378 g/mol. The van der Waals surface area contributed by atoms with Gasteiger partial charge in [-0.05, 0) is 32.4 Å². The van der Waals surface area contributed by atoms with Gasteiger partial charge in [-0.15, -0.1) is 0 Å². The second-order valence-electron chi connectivity index (χ2n) is 6.93. The van der Waals surface area contributed by atoms with Crippen molar-refractivity contribution in [1.82, 2.24) is 0 Å². The van der Waals surface area contributed by atoms with Crippen LogP contribution in [0.25, 0.3) is 0 Å². The van der Waals surface area contributed by atoms with Crippen molar-refractivity contribution < 1.29 is 23.8 Å². The molecular formula is C22H34O5. The van der Waals surface area contributed by atoms with Gasteiger partial charge in [0.2, 0.25) is 0 Å². The van der Waals surface area contributed by atoms with Crippen LogP contribution >= 0.6 is 0 Å². The molecule has 1 rings (SSSR count). The van der Waals surface area contributed by atoms with E-state index in [1.807, 2.05) is 13.0 Å². The van der Waals surface area contributed by atoms with E-state index in [1.54, 1.807) is 31.2 Å². The van der Waals surface area contributed by atoms with Crippen molar-refractivity contribution in [2.75, 3.05) is 13.2 Å². The van der Waals surface area contributed by atoms with Crippen molar-refractivity contribution in [1.29, 1.82) is 0 Å². The maximum Gasteiger partial charge on any atom is 0.338 e. The SMILES string of the molecule is CCCCCCCCC(=O)OCC(C)OCC(C)OC(=O)c1ccccc1. The van der Waals surface area contributed by atoms with E-state index in [1.165, 1.54) is 25.7 Å². The van der Waals surface area contributed by atoms with Crippen LogP contribution < -0.4 is 0 Å². The average molecular weight is 379 g/mol. The number of esters is 2. The molecule has 2 unspecified atom stereocenters. The molecule has 0 saturated carbocycles. The Kier molecular flexibility index (Phi) is 12.2. The molecule has 0 aliphatic heterocycles.